The molecule has 1 N–H and O–H groups in total. The van der Waals surface area contributed by atoms with Crippen molar-refractivity contribution in [1.29, 1.82) is 0 Å². The summed E-state index contributed by atoms with van der Waals surface area (Å²) in [5.74, 6) is 1.55. The van der Waals surface area contributed by atoms with Crippen LogP contribution >= 0.6 is 23.2 Å². The molecule has 4 rings (SSSR count). The predicted molar refractivity (Wildman–Crippen MR) is 127 cm³/mol. The van der Waals surface area contributed by atoms with Gasteiger partial charge in [-0.15, -0.1) is 11.6 Å². The average Bonchev–Trinajstić information content (AvgIpc) is 3.16. The van der Waals surface area contributed by atoms with Gasteiger partial charge in [-0.25, -0.2) is 0 Å². The lowest BCUT2D eigenvalue weighted by molar-refractivity contribution is 0.342. The van der Waals surface area contributed by atoms with Crippen LogP contribution in [0.3, 0.4) is 0 Å². The molecule has 0 aliphatic heterocycles. The monoisotopic (exact) mass is 452 g/mol. The number of allylic oxidation sites excluding steroid dienone is 2. The Labute approximate surface area is 191 Å². The van der Waals surface area contributed by atoms with Crippen molar-refractivity contribution in [3.05, 3.63) is 101 Å². The summed E-state index contributed by atoms with van der Waals surface area (Å²) < 4.78 is 11.0. The minimum Gasteiger partial charge on any atom is -0.508 e. The van der Waals surface area contributed by atoms with Gasteiger partial charge in [0.05, 0.1) is 5.88 Å². The number of furan rings is 1. The fraction of sp³-hybridized carbons (Fsp3) is 0.154. The molecule has 0 aliphatic rings. The Morgan fingerprint density at radius 3 is 2.42 bits per heavy atom. The lowest BCUT2D eigenvalue weighted by Crippen LogP contribution is -1.98. The molecule has 158 valence electrons. The second kappa shape index (κ2) is 9.95. The highest BCUT2D eigenvalue weighted by atomic mass is 35.5. The van der Waals surface area contributed by atoms with Gasteiger partial charge in [0.15, 0.2) is 5.22 Å². The van der Waals surface area contributed by atoms with Crippen molar-refractivity contribution < 1.29 is 14.3 Å². The van der Waals surface area contributed by atoms with E-state index in [4.69, 9.17) is 32.4 Å². The summed E-state index contributed by atoms with van der Waals surface area (Å²) in [4.78, 5) is 0. The molecule has 5 heteroatoms. The zero-order valence-corrected chi connectivity index (χ0v) is 18.4. The van der Waals surface area contributed by atoms with Crippen LogP contribution < -0.4 is 4.74 Å². The van der Waals surface area contributed by atoms with Crippen LogP contribution in [0.2, 0.25) is 5.22 Å². The highest BCUT2D eigenvalue weighted by molar-refractivity contribution is 6.29. The zero-order valence-electron chi connectivity index (χ0n) is 16.9. The summed E-state index contributed by atoms with van der Waals surface area (Å²) in [5.41, 5.74) is 5.38. The van der Waals surface area contributed by atoms with E-state index in [0.29, 0.717) is 17.7 Å². The van der Waals surface area contributed by atoms with E-state index in [0.717, 1.165) is 40.7 Å². The Hall–Kier alpha value is -2.88. The van der Waals surface area contributed by atoms with E-state index in [9.17, 15) is 5.11 Å². The Balaban J connectivity index is 1.61. The highest BCUT2D eigenvalue weighted by Crippen LogP contribution is 2.29. The van der Waals surface area contributed by atoms with Crippen LogP contribution in [0.1, 0.15) is 16.7 Å². The van der Waals surface area contributed by atoms with Gasteiger partial charge >= 0.3 is 0 Å². The van der Waals surface area contributed by atoms with Crippen molar-refractivity contribution in [2.75, 3.05) is 12.5 Å². The van der Waals surface area contributed by atoms with E-state index in [2.05, 4.69) is 30.3 Å². The molecule has 31 heavy (non-hydrogen) atoms. The summed E-state index contributed by atoms with van der Waals surface area (Å²) >= 11 is 11.7. The van der Waals surface area contributed by atoms with Gasteiger partial charge in [-0.3, -0.25) is 0 Å². The Kier molecular flexibility index (Phi) is 6.86. The van der Waals surface area contributed by atoms with Crippen molar-refractivity contribution in [2.45, 2.75) is 12.8 Å². The van der Waals surface area contributed by atoms with Gasteiger partial charge < -0.3 is 14.3 Å². The number of rotatable bonds is 8. The number of alkyl halides is 1. The molecule has 0 radical (unpaired) electrons. The van der Waals surface area contributed by atoms with E-state index in [1.807, 2.05) is 36.4 Å². The first-order valence-corrected chi connectivity index (χ1v) is 11.0. The highest BCUT2D eigenvalue weighted by Gasteiger charge is 2.08. The molecule has 0 fully saturated rings. The smallest absolute Gasteiger partial charge is 0.194 e. The number of phenols is 1. The van der Waals surface area contributed by atoms with Crippen LogP contribution in [0.25, 0.3) is 16.5 Å². The molecule has 1 heterocycles. The molecule has 3 aromatic carbocycles. The molecule has 3 nitrogen and oxygen atoms in total. The first-order valence-electron chi connectivity index (χ1n) is 10.0. The van der Waals surface area contributed by atoms with Gasteiger partial charge in [-0.1, -0.05) is 36.4 Å². The van der Waals surface area contributed by atoms with Crippen LogP contribution in [-0.4, -0.2) is 17.6 Å². The summed E-state index contributed by atoms with van der Waals surface area (Å²) in [6.45, 7) is 0.498. The summed E-state index contributed by atoms with van der Waals surface area (Å²) in [5, 5.41) is 11.0. The summed E-state index contributed by atoms with van der Waals surface area (Å²) in [7, 11) is 0. The van der Waals surface area contributed by atoms with E-state index < -0.39 is 0 Å². The van der Waals surface area contributed by atoms with Crippen LogP contribution in [0, 0.1) is 0 Å². The van der Waals surface area contributed by atoms with Crippen LogP contribution in [0.4, 0.5) is 0 Å². The molecule has 0 saturated heterocycles. The molecule has 0 bridgehead atoms. The first-order chi connectivity index (χ1) is 15.1. The topological polar surface area (TPSA) is 42.6 Å². The summed E-state index contributed by atoms with van der Waals surface area (Å²) in [6, 6.07) is 23.3. The van der Waals surface area contributed by atoms with Gasteiger partial charge in [0.25, 0.3) is 0 Å². The van der Waals surface area contributed by atoms with Gasteiger partial charge in [-0.05, 0) is 83.1 Å². The average molecular weight is 453 g/mol. The third-order valence-corrected chi connectivity index (χ3v) is 5.38. The SMILES string of the molecule is Oc1ccc(CC(=CCc2ccc(OCCCl)cc2)c2ccc3oc(Cl)cc3c2)cc1. The standard InChI is InChI=1S/C26H22Cl2O3/c27-13-14-30-24-10-4-18(5-11-24)1-6-20(15-19-2-8-23(29)9-3-19)21-7-12-25-22(16-21)17-26(28)31-25/h2-12,16-17,29H,1,13-15H2. The van der Waals surface area contributed by atoms with Crippen LogP contribution in [-0.2, 0) is 12.8 Å². The van der Waals surface area contributed by atoms with Crippen molar-refractivity contribution in [3.8, 4) is 11.5 Å². The van der Waals surface area contributed by atoms with E-state index in [-0.39, 0.29) is 5.75 Å². The number of benzene rings is 3. The van der Waals surface area contributed by atoms with Crippen molar-refractivity contribution >= 4 is 39.7 Å². The third kappa shape index (κ3) is 5.63. The second-order valence-corrected chi connectivity index (χ2v) is 8.01. The summed E-state index contributed by atoms with van der Waals surface area (Å²) in [6.07, 6.45) is 3.77. The van der Waals surface area contributed by atoms with Crippen molar-refractivity contribution in [2.24, 2.45) is 0 Å². The number of ether oxygens (including phenoxy) is 1. The maximum Gasteiger partial charge on any atom is 0.194 e. The van der Waals surface area contributed by atoms with E-state index in [1.165, 1.54) is 11.1 Å². The van der Waals surface area contributed by atoms with Crippen LogP contribution in [0.15, 0.2) is 83.3 Å². The fourth-order valence-corrected chi connectivity index (χ4v) is 3.73. The minimum absolute atomic E-state index is 0.264. The molecular weight excluding hydrogens is 431 g/mol. The minimum atomic E-state index is 0.264. The Bertz CT molecular complexity index is 1180. The van der Waals surface area contributed by atoms with E-state index >= 15 is 0 Å². The van der Waals surface area contributed by atoms with Crippen LogP contribution in [0.5, 0.6) is 11.5 Å². The maximum atomic E-state index is 9.60. The number of halogens is 2. The van der Waals surface area contributed by atoms with Gasteiger partial charge in [0.1, 0.15) is 23.7 Å². The van der Waals surface area contributed by atoms with Crippen molar-refractivity contribution in [1.82, 2.24) is 0 Å². The number of aromatic hydroxyl groups is 1. The normalized spacial score (nSPS) is 11.7. The molecule has 0 amide bonds. The predicted octanol–water partition coefficient (Wildman–Crippen LogP) is 7.28. The van der Waals surface area contributed by atoms with E-state index in [1.54, 1.807) is 12.1 Å². The zero-order chi connectivity index (χ0) is 21.6. The maximum absolute atomic E-state index is 9.60. The Morgan fingerprint density at radius 2 is 1.68 bits per heavy atom. The quantitative estimate of drug-likeness (QED) is 0.285. The molecular formula is C26H22Cl2O3. The van der Waals surface area contributed by atoms with Gasteiger partial charge in [0, 0.05) is 11.5 Å². The first kappa shape index (κ1) is 21.4. The molecule has 1 aromatic heterocycles. The number of fused-ring (bicyclic) bond motifs is 1. The lowest BCUT2D eigenvalue weighted by Gasteiger charge is -2.10. The molecule has 0 spiro atoms. The molecule has 0 unspecified atom stereocenters. The molecule has 0 aliphatic carbocycles. The number of hydrogen-bond acceptors (Lipinski definition) is 3. The largest absolute Gasteiger partial charge is 0.508 e. The second-order valence-electron chi connectivity index (χ2n) is 7.26. The van der Waals surface area contributed by atoms with Crippen molar-refractivity contribution in [3.63, 3.8) is 0 Å². The van der Waals surface area contributed by atoms with Gasteiger partial charge in [0.2, 0.25) is 0 Å². The fourth-order valence-electron chi connectivity index (χ4n) is 3.46. The Morgan fingerprint density at radius 1 is 0.935 bits per heavy atom. The number of phenolic OH excluding ortho intramolecular Hbond substituents is 1. The van der Waals surface area contributed by atoms with Gasteiger partial charge in [-0.2, -0.15) is 0 Å². The third-order valence-electron chi connectivity index (χ3n) is 5.04. The molecule has 0 atom stereocenters. The molecule has 0 saturated carbocycles. The molecule has 4 aromatic rings. The number of hydrogen-bond donors (Lipinski definition) is 1. The lowest BCUT2D eigenvalue weighted by atomic mass is 9.95.